The molecule has 0 fully saturated rings. The van der Waals surface area contributed by atoms with Crippen molar-refractivity contribution in [3.8, 4) is 11.1 Å². The summed E-state index contributed by atoms with van der Waals surface area (Å²) < 4.78 is 0. The zero-order valence-corrected chi connectivity index (χ0v) is 26.3. The molecular formula is C43H36B2. The normalized spacial score (nSPS) is 28.7. The van der Waals surface area contributed by atoms with Crippen LogP contribution in [0.3, 0.4) is 0 Å². The molecule has 0 saturated carbocycles. The van der Waals surface area contributed by atoms with Crippen LogP contribution in [0, 0.1) is 10.8 Å². The van der Waals surface area contributed by atoms with Crippen molar-refractivity contribution in [2.45, 2.75) is 32.6 Å². The summed E-state index contributed by atoms with van der Waals surface area (Å²) in [5.41, 5.74) is 13.8. The second kappa shape index (κ2) is 10.5. The van der Waals surface area contributed by atoms with Crippen LogP contribution in [0.5, 0.6) is 0 Å². The minimum Gasteiger partial charge on any atom is -0.0807 e. The van der Waals surface area contributed by atoms with Crippen LogP contribution in [-0.2, 0) is 5.41 Å². The smallest absolute Gasteiger partial charge is 0.0807 e. The Balaban J connectivity index is 1.05. The molecule has 2 heterocycles. The maximum absolute atomic E-state index is 2.38. The molecule has 3 unspecified atom stereocenters. The minimum absolute atomic E-state index is 0.142. The standard InChI is InChI=1S/C43H36B2/c1-41(30-11-6-4-5-7-12-30)23-10-13-31(18-24-41)42(2)25-19-35-36-20-26-43(3,28-22-39(36)44-38(35)21-27-42)32-16-17-34-33-14-8-9-15-37(33)45-40(34)29-32/h4,6-29H,5H2,1-3H3. The van der Waals surface area contributed by atoms with E-state index in [1.54, 1.807) is 0 Å². The van der Waals surface area contributed by atoms with Crippen LogP contribution >= 0.6 is 0 Å². The Morgan fingerprint density at radius 1 is 0.533 bits per heavy atom. The fourth-order valence-corrected chi connectivity index (χ4v) is 7.33. The Morgan fingerprint density at radius 3 is 2.02 bits per heavy atom. The Morgan fingerprint density at radius 2 is 1.18 bits per heavy atom. The third kappa shape index (κ3) is 4.79. The summed E-state index contributed by atoms with van der Waals surface area (Å²) in [7, 11) is 4.67. The topological polar surface area (TPSA) is 0 Å². The van der Waals surface area contributed by atoms with E-state index < -0.39 is 0 Å². The Bertz CT molecular complexity index is 2010. The average Bonchev–Trinajstić information content (AvgIpc) is 3.21. The highest BCUT2D eigenvalue weighted by atomic mass is 14.3. The van der Waals surface area contributed by atoms with E-state index in [2.05, 4.69) is 187 Å². The largest absolute Gasteiger partial charge is 0.193 e. The number of rotatable bonds is 3. The highest BCUT2D eigenvalue weighted by molar-refractivity contribution is 6.73. The summed E-state index contributed by atoms with van der Waals surface area (Å²) in [6, 6.07) is 15.7. The fourth-order valence-electron chi connectivity index (χ4n) is 7.33. The van der Waals surface area contributed by atoms with Crippen molar-refractivity contribution < 1.29 is 0 Å². The molecule has 45 heavy (non-hydrogen) atoms. The number of hydrogen-bond acceptors (Lipinski definition) is 0. The molecule has 0 N–H and O–H groups in total. The van der Waals surface area contributed by atoms with Gasteiger partial charge in [0.15, 0.2) is 14.6 Å². The van der Waals surface area contributed by atoms with Gasteiger partial charge in [0.1, 0.15) is 0 Å². The molecule has 0 spiro atoms. The van der Waals surface area contributed by atoms with Gasteiger partial charge in [-0.05, 0) is 66.2 Å². The lowest BCUT2D eigenvalue weighted by molar-refractivity contribution is 0.666. The van der Waals surface area contributed by atoms with E-state index in [4.69, 9.17) is 0 Å². The Labute approximate surface area is 269 Å². The molecule has 3 atom stereocenters. The van der Waals surface area contributed by atoms with Gasteiger partial charge in [-0.15, -0.1) is 0 Å². The second-order valence-electron chi connectivity index (χ2n) is 13.6. The third-order valence-corrected chi connectivity index (χ3v) is 10.4. The molecule has 2 aromatic rings. The van der Waals surface area contributed by atoms with E-state index >= 15 is 0 Å². The summed E-state index contributed by atoms with van der Waals surface area (Å²) in [5.74, 6) is 0. The first-order valence-electron chi connectivity index (χ1n) is 16.2. The van der Waals surface area contributed by atoms with Crippen molar-refractivity contribution in [1.29, 1.82) is 0 Å². The number of fused-ring (bicyclic) bond motifs is 4. The second-order valence-corrected chi connectivity index (χ2v) is 13.6. The van der Waals surface area contributed by atoms with Gasteiger partial charge in [-0.2, -0.15) is 0 Å². The molecule has 2 heteroatoms. The molecule has 0 nitrogen and oxygen atoms in total. The average molecular weight is 574 g/mol. The van der Waals surface area contributed by atoms with Gasteiger partial charge < -0.3 is 0 Å². The first-order valence-corrected chi connectivity index (χ1v) is 16.2. The van der Waals surface area contributed by atoms with Crippen LogP contribution in [0.4, 0.5) is 0 Å². The summed E-state index contributed by atoms with van der Waals surface area (Å²) in [4.78, 5) is 0. The van der Waals surface area contributed by atoms with Crippen LogP contribution in [0.1, 0.15) is 32.8 Å². The van der Waals surface area contributed by atoms with Gasteiger partial charge in [-0.1, -0.05) is 174 Å². The monoisotopic (exact) mass is 574 g/mol. The quantitative estimate of drug-likeness (QED) is 0.275. The molecule has 0 aromatic heterocycles. The lowest BCUT2D eigenvalue weighted by Crippen LogP contribution is -2.24. The molecular weight excluding hydrogens is 538 g/mol. The van der Waals surface area contributed by atoms with Crippen LogP contribution in [-0.4, -0.2) is 14.6 Å². The van der Waals surface area contributed by atoms with Crippen LogP contribution in [0.25, 0.3) is 11.1 Å². The van der Waals surface area contributed by atoms with E-state index in [9.17, 15) is 0 Å². The van der Waals surface area contributed by atoms with Gasteiger partial charge in [0, 0.05) is 16.2 Å². The molecule has 2 radical (unpaired) electrons. The molecule has 214 valence electrons. The van der Waals surface area contributed by atoms with Crippen molar-refractivity contribution in [1.82, 2.24) is 0 Å². The predicted octanol–water partition coefficient (Wildman–Crippen LogP) is 8.57. The summed E-state index contributed by atoms with van der Waals surface area (Å²) in [6.45, 7) is 6.94. The van der Waals surface area contributed by atoms with Gasteiger partial charge in [0.2, 0.25) is 0 Å². The van der Waals surface area contributed by atoms with Crippen molar-refractivity contribution in [2.24, 2.45) is 10.8 Å². The lowest BCUT2D eigenvalue weighted by Gasteiger charge is -2.25. The van der Waals surface area contributed by atoms with Gasteiger partial charge in [-0.25, -0.2) is 0 Å². The minimum atomic E-state index is -0.212. The Kier molecular flexibility index (Phi) is 6.54. The SMILES string of the molecule is CC1(C2=CC=CCC=C2)C=CC=C(C2(C)C=CC3=C(C=C2)C2=C([B]3)C=CC(C)(c3ccc4c(c3)[B]c3ccccc3-4)C=C2)C=C1. The van der Waals surface area contributed by atoms with Crippen LogP contribution in [0.15, 0.2) is 185 Å². The maximum atomic E-state index is 2.38. The van der Waals surface area contributed by atoms with E-state index in [-0.39, 0.29) is 16.2 Å². The summed E-state index contributed by atoms with van der Waals surface area (Å²) >= 11 is 0. The molecule has 2 aromatic carbocycles. The van der Waals surface area contributed by atoms with Crippen LogP contribution < -0.4 is 10.9 Å². The lowest BCUT2D eigenvalue weighted by atomic mass is 9.64. The van der Waals surface area contributed by atoms with Gasteiger partial charge >= 0.3 is 0 Å². The highest BCUT2D eigenvalue weighted by Gasteiger charge is 2.32. The van der Waals surface area contributed by atoms with Gasteiger partial charge in [0.05, 0.1) is 0 Å². The van der Waals surface area contributed by atoms with Crippen molar-refractivity contribution in [3.63, 3.8) is 0 Å². The molecule has 6 aliphatic rings. The number of allylic oxidation sites excluding steroid dienone is 24. The molecule has 0 amide bonds. The van der Waals surface area contributed by atoms with Crippen molar-refractivity contribution >= 4 is 25.5 Å². The van der Waals surface area contributed by atoms with Crippen LogP contribution in [0.2, 0.25) is 0 Å². The summed E-state index contributed by atoms with van der Waals surface area (Å²) in [6.07, 6.45) is 42.5. The first-order chi connectivity index (χ1) is 21.8. The first kappa shape index (κ1) is 28.0. The van der Waals surface area contributed by atoms with Crippen molar-refractivity contribution in [2.75, 3.05) is 0 Å². The predicted molar refractivity (Wildman–Crippen MR) is 194 cm³/mol. The van der Waals surface area contributed by atoms with E-state index in [0.29, 0.717) is 0 Å². The van der Waals surface area contributed by atoms with Gasteiger partial charge in [-0.3, -0.25) is 0 Å². The number of hydrogen-bond donors (Lipinski definition) is 0. The molecule has 2 aliphatic heterocycles. The highest BCUT2D eigenvalue weighted by Crippen LogP contribution is 2.43. The summed E-state index contributed by atoms with van der Waals surface area (Å²) in [5, 5.41) is 0. The van der Waals surface area contributed by atoms with Crippen molar-refractivity contribution in [3.05, 3.63) is 191 Å². The zero-order valence-electron chi connectivity index (χ0n) is 26.3. The fraction of sp³-hybridized carbons (Fsp3) is 0.163. The number of benzene rings is 2. The Hall–Kier alpha value is -4.55. The molecule has 8 rings (SSSR count). The third-order valence-electron chi connectivity index (χ3n) is 10.4. The van der Waals surface area contributed by atoms with E-state index in [1.807, 2.05) is 0 Å². The molecule has 0 saturated heterocycles. The van der Waals surface area contributed by atoms with E-state index in [0.717, 1.165) is 6.42 Å². The van der Waals surface area contributed by atoms with E-state index in [1.165, 1.54) is 60.9 Å². The molecule has 4 aliphatic carbocycles. The molecule has 0 bridgehead atoms. The maximum Gasteiger partial charge on any atom is 0.193 e. The zero-order chi connectivity index (χ0) is 30.6. The van der Waals surface area contributed by atoms with Gasteiger partial charge in [0.25, 0.3) is 0 Å².